The first-order valence-electron chi connectivity index (χ1n) is 11.2. The van der Waals surface area contributed by atoms with Crippen LogP contribution in [0.1, 0.15) is 24.4 Å². The van der Waals surface area contributed by atoms with Gasteiger partial charge < -0.3 is 31.0 Å². The molecule has 2 fully saturated rings. The monoisotopic (exact) mass is 524 g/mol. The highest BCUT2D eigenvalue weighted by molar-refractivity contribution is 9.10. The van der Waals surface area contributed by atoms with Crippen LogP contribution in [0.4, 0.5) is 11.6 Å². The Balaban J connectivity index is 1.23. The minimum absolute atomic E-state index is 0.0646. The van der Waals surface area contributed by atoms with Crippen molar-refractivity contribution in [3.05, 3.63) is 52.9 Å². The quantitative estimate of drug-likeness (QED) is 0.320. The van der Waals surface area contributed by atoms with Crippen molar-refractivity contribution in [3.63, 3.8) is 0 Å². The van der Waals surface area contributed by atoms with Crippen LogP contribution in [-0.4, -0.2) is 54.7 Å². The largest absolute Gasteiger partial charge is 0.390 e. The summed E-state index contributed by atoms with van der Waals surface area (Å²) in [6.45, 7) is 0.397. The lowest BCUT2D eigenvalue weighted by Gasteiger charge is -2.26. The van der Waals surface area contributed by atoms with Crippen molar-refractivity contribution in [2.24, 2.45) is 5.41 Å². The van der Waals surface area contributed by atoms with E-state index in [-0.39, 0.29) is 12.1 Å². The van der Waals surface area contributed by atoms with Gasteiger partial charge in [0.1, 0.15) is 29.7 Å². The van der Waals surface area contributed by atoms with E-state index in [1.54, 1.807) is 0 Å². The van der Waals surface area contributed by atoms with Crippen molar-refractivity contribution in [1.82, 2.24) is 19.5 Å². The summed E-state index contributed by atoms with van der Waals surface area (Å²) in [5, 5.41) is 23.8. The lowest BCUT2D eigenvalue weighted by molar-refractivity contribution is -0.0308. The van der Waals surface area contributed by atoms with Gasteiger partial charge in [-0.25, -0.2) is 15.0 Å². The van der Waals surface area contributed by atoms with Crippen LogP contribution in [0.3, 0.4) is 0 Å². The number of fused-ring (bicyclic) bond motifs is 2. The summed E-state index contributed by atoms with van der Waals surface area (Å²) < 4.78 is 8.85. The van der Waals surface area contributed by atoms with E-state index in [0.717, 1.165) is 26.3 Å². The van der Waals surface area contributed by atoms with Crippen molar-refractivity contribution in [2.75, 3.05) is 18.1 Å². The maximum atomic E-state index is 11.1. The summed E-state index contributed by atoms with van der Waals surface area (Å²) >= 11 is 3.42. The van der Waals surface area contributed by atoms with E-state index >= 15 is 0 Å². The number of nitrogen functional groups attached to an aromatic ring is 2. The molecule has 1 aliphatic carbocycles. The highest BCUT2D eigenvalue weighted by Crippen LogP contribution is 2.52. The number of rotatable bonds is 3. The molecule has 9 nitrogen and oxygen atoms in total. The highest BCUT2D eigenvalue weighted by Gasteiger charge is 2.57. The number of hydrogen-bond acceptors (Lipinski definition) is 8. The first-order chi connectivity index (χ1) is 16.3. The average molecular weight is 525 g/mol. The maximum absolute atomic E-state index is 11.1. The molecule has 1 spiro atoms. The first kappa shape index (κ1) is 21.7. The zero-order valence-electron chi connectivity index (χ0n) is 18.3. The van der Waals surface area contributed by atoms with Gasteiger partial charge in [-0.15, -0.1) is 0 Å². The fourth-order valence-corrected chi connectivity index (χ4v) is 6.01. The van der Waals surface area contributed by atoms with Gasteiger partial charge >= 0.3 is 0 Å². The van der Waals surface area contributed by atoms with E-state index in [4.69, 9.17) is 16.2 Å². The summed E-state index contributed by atoms with van der Waals surface area (Å²) in [6.07, 6.45) is 3.32. The van der Waals surface area contributed by atoms with Gasteiger partial charge in [0.2, 0.25) is 0 Å². The van der Waals surface area contributed by atoms with E-state index < -0.39 is 17.6 Å². The molecule has 6 rings (SSSR count). The summed E-state index contributed by atoms with van der Waals surface area (Å²) in [4.78, 5) is 12.9. The smallest absolute Gasteiger partial charge is 0.145 e. The third-order valence-electron chi connectivity index (χ3n) is 7.42. The predicted octanol–water partition coefficient (Wildman–Crippen LogP) is 2.59. The number of aliphatic hydroxyl groups excluding tert-OH is 2. The Kier molecular flexibility index (Phi) is 5.03. The number of ether oxygens (including phenoxy) is 1. The highest BCUT2D eigenvalue weighted by atomic mass is 79.9. The number of nitrogens with two attached hydrogens (primary N) is 2. The van der Waals surface area contributed by atoms with Gasteiger partial charge in [0.15, 0.2) is 0 Å². The zero-order valence-corrected chi connectivity index (χ0v) is 19.9. The van der Waals surface area contributed by atoms with Crippen LogP contribution in [0, 0.1) is 5.41 Å². The van der Waals surface area contributed by atoms with Gasteiger partial charge in [0, 0.05) is 17.0 Å². The summed E-state index contributed by atoms with van der Waals surface area (Å²) in [5.74, 6) is 0.856. The predicted molar refractivity (Wildman–Crippen MR) is 132 cm³/mol. The molecule has 5 unspecified atom stereocenters. The minimum atomic E-state index is -0.930. The van der Waals surface area contributed by atoms with E-state index in [9.17, 15) is 10.2 Å². The zero-order chi connectivity index (χ0) is 23.6. The van der Waals surface area contributed by atoms with Crippen LogP contribution in [0.15, 0.2) is 47.3 Å². The van der Waals surface area contributed by atoms with Gasteiger partial charge in [0.25, 0.3) is 0 Å². The fourth-order valence-electron chi connectivity index (χ4n) is 5.68. The lowest BCUT2D eigenvalue weighted by atomic mass is 9.80. The molecule has 6 N–H and O–H groups in total. The average Bonchev–Trinajstić information content (AvgIpc) is 3.49. The third kappa shape index (κ3) is 3.36. The van der Waals surface area contributed by atoms with Crippen molar-refractivity contribution in [1.29, 1.82) is 0 Å². The molecule has 10 heteroatoms. The first-order valence-corrected chi connectivity index (χ1v) is 12.0. The number of benzene rings is 1. The number of anilines is 2. The van der Waals surface area contributed by atoms with E-state index in [0.29, 0.717) is 43.2 Å². The van der Waals surface area contributed by atoms with Gasteiger partial charge in [-0.05, 0) is 59.0 Å². The SMILES string of the molecule is Nc1nc2cc(CC3CC4(CO3)CC(n3ccc5c(N)ncnc53)C(O)C4O)ccc2cc1Br. The second kappa shape index (κ2) is 7.88. The molecule has 5 atom stereocenters. The Bertz CT molecular complexity index is 1410. The van der Waals surface area contributed by atoms with Gasteiger partial charge in [0.05, 0.1) is 40.2 Å². The van der Waals surface area contributed by atoms with E-state index in [2.05, 4.69) is 36.9 Å². The Labute approximate surface area is 203 Å². The molecule has 176 valence electrons. The molecule has 2 aliphatic rings. The maximum Gasteiger partial charge on any atom is 0.145 e. The second-order valence-electron chi connectivity index (χ2n) is 9.51. The molecule has 1 saturated carbocycles. The molecular weight excluding hydrogens is 500 g/mol. The van der Waals surface area contributed by atoms with Gasteiger partial charge in [-0.3, -0.25) is 0 Å². The molecule has 1 aliphatic heterocycles. The number of halogens is 1. The fraction of sp³-hybridized carbons (Fsp3) is 0.375. The van der Waals surface area contributed by atoms with Gasteiger partial charge in [-0.1, -0.05) is 12.1 Å². The standard InChI is InChI=1S/C24H25BrN6O3/c25-16-7-13-2-1-12(6-17(13)30-22(16)27)5-14-8-24(10-34-14)9-18(19(32)20(24)33)31-4-3-15-21(26)28-11-29-23(15)31/h1-4,6-7,11,14,18-20,32-33H,5,8-10H2,(H2,27,30)(H2,26,28,29). The molecule has 4 aromatic rings. The molecule has 1 saturated heterocycles. The van der Waals surface area contributed by atoms with Crippen molar-refractivity contribution in [2.45, 2.75) is 43.6 Å². The molecule has 34 heavy (non-hydrogen) atoms. The van der Waals surface area contributed by atoms with E-state index in [1.165, 1.54) is 6.33 Å². The Hall–Kier alpha value is -2.79. The van der Waals surface area contributed by atoms with Gasteiger partial charge in [-0.2, -0.15) is 0 Å². The van der Waals surface area contributed by atoms with Crippen LogP contribution in [0.25, 0.3) is 21.9 Å². The summed E-state index contributed by atoms with van der Waals surface area (Å²) in [7, 11) is 0. The summed E-state index contributed by atoms with van der Waals surface area (Å²) in [6, 6.07) is 9.62. The third-order valence-corrected chi connectivity index (χ3v) is 8.06. The molecule has 1 aromatic carbocycles. The lowest BCUT2D eigenvalue weighted by Crippen LogP contribution is -2.37. The topological polar surface area (TPSA) is 145 Å². The number of aromatic nitrogens is 4. The molecule has 4 heterocycles. The van der Waals surface area contributed by atoms with Crippen LogP contribution < -0.4 is 11.5 Å². The van der Waals surface area contributed by atoms with Crippen molar-refractivity contribution >= 4 is 49.5 Å². The van der Waals surface area contributed by atoms with Crippen LogP contribution in [0.5, 0.6) is 0 Å². The number of pyridine rings is 1. The van der Waals surface area contributed by atoms with Crippen LogP contribution >= 0.6 is 15.9 Å². The van der Waals surface area contributed by atoms with Crippen LogP contribution in [-0.2, 0) is 11.2 Å². The molecule has 0 bridgehead atoms. The van der Waals surface area contributed by atoms with Crippen molar-refractivity contribution in [3.8, 4) is 0 Å². The Morgan fingerprint density at radius 2 is 1.97 bits per heavy atom. The molecular formula is C24H25BrN6O3. The van der Waals surface area contributed by atoms with E-state index in [1.807, 2.05) is 35.0 Å². The summed E-state index contributed by atoms with van der Waals surface area (Å²) in [5.41, 5.74) is 14.0. The number of nitrogens with zero attached hydrogens (tertiary/aromatic N) is 4. The van der Waals surface area contributed by atoms with Crippen LogP contribution in [0.2, 0.25) is 0 Å². The molecule has 0 amide bonds. The molecule has 3 aromatic heterocycles. The minimum Gasteiger partial charge on any atom is -0.390 e. The Morgan fingerprint density at radius 1 is 1.12 bits per heavy atom. The second-order valence-corrected chi connectivity index (χ2v) is 10.4. The normalized spacial score (nSPS) is 29.0. The number of hydrogen-bond donors (Lipinski definition) is 4. The molecule has 0 radical (unpaired) electrons. The number of aliphatic hydroxyl groups is 2. The Morgan fingerprint density at radius 3 is 2.82 bits per heavy atom. The van der Waals surface area contributed by atoms with Crippen molar-refractivity contribution < 1.29 is 14.9 Å².